The molecule has 0 fully saturated rings. The fourth-order valence-electron chi connectivity index (χ4n) is 1.44. The molecule has 0 heterocycles. The molecular formula is C13H20ClN3O2. The number of nitrogens with one attached hydrogen (secondary N) is 2. The van der Waals surface area contributed by atoms with E-state index in [4.69, 9.17) is 5.73 Å². The number of rotatable bonds is 3. The van der Waals surface area contributed by atoms with Crippen LogP contribution in [-0.4, -0.2) is 24.4 Å². The van der Waals surface area contributed by atoms with E-state index in [9.17, 15) is 9.59 Å². The van der Waals surface area contributed by atoms with Crippen molar-refractivity contribution in [2.45, 2.75) is 26.3 Å². The van der Waals surface area contributed by atoms with Crippen molar-refractivity contribution in [1.29, 1.82) is 0 Å². The summed E-state index contributed by atoms with van der Waals surface area (Å²) in [5.74, 6) is -0.477. The van der Waals surface area contributed by atoms with E-state index in [1.54, 1.807) is 46.0 Å². The zero-order valence-corrected chi connectivity index (χ0v) is 12.4. The summed E-state index contributed by atoms with van der Waals surface area (Å²) >= 11 is 0. The van der Waals surface area contributed by atoms with E-state index in [-0.39, 0.29) is 24.2 Å². The molecule has 106 valence electrons. The fourth-order valence-corrected chi connectivity index (χ4v) is 1.44. The Morgan fingerprint density at radius 1 is 1.26 bits per heavy atom. The molecule has 0 aliphatic carbocycles. The minimum atomic E-state index is -0.963. The summed E-state index contributed by atoms with van der Waals surface area (Å²) in [5, 5.41) is 5.28. The van der Waals surface area contributed by atoms with Crippen LogP contribution in [0.5, 0.6) is 0 Å². The number of carbonyl (C=O) groups is 2. The van der Waals surface area contributed by atoms with Gasteiger partial charge in [0.05, 0.1) is 5.54 Å². The summed E-state index contributed by atoms with van der Waals surface area (Å²) in [5.41, 5.74) is 6.59. The highest BCUT2D eigenvalue weighted by molar-refractivity contribution is 6.01. The summed E-state index contributed by atoms with van der Waals surface area (Å²) in [4.78, 5) is 23.4. The molecule has 0 bridgehead atoms. The van der Waals surface area contributed by atoms with Crippen LogP contribution in [0.4, 0.5) is 5.69 Å². The average Bonchev–Trinajstić information content (AvgIpc) is 2.29. The lowest BCUT2D eigenvalue weighted by Gasteiger charge is -2.19. The first kappa shape index (κ1) is 17.4. The van der Waals surface area contributed by atoms with Gasteiger partial charge in [-0.1, -0.05) is 6.07 Å². The summed E-state index contributed by atoms with van der Waals surface area (Å²) in [6.07, 6.45) is 0. The number of hydrogen-bond donors (Lipinski definition) is 3. The SMILES string of the molecule is CNC(=O)c1cccc(NC(=O)C(C)(C)N)c1C.Cl. The highest BCUT2D eigenvalue weighted by Gasteiger charge is 2.22. The molecule has 0 unspecified atom stereocenters. The molecule has 1 aromatic rings. The van der Waals surface area contributed by atoms with Gasteiger partial charge < -0.3 is 16.4 Å². The third-order valence-electron chi connectivity index (χ3n) is 2.64. The van der Waals surface area contributed by atoms with Gasteiger partial charge >= 0.3 is 0 Å². The van der Waals surface area contributed by atoms with Gasteiger partial charge in [0.15, 0.2) is 0 Å². The number of benzene rings is 1. The van der Waals surface area contributed by atoms with Gasteiger partial charge in [-0.05, 0) is 38.5 Å². The summed E-state index contributed by atoms with van der Waals surface area (Å²) in [6, 6.07) is 5.17. The Bertz CT molecular complexity index is 481. The van der Waals surface area contributed by atoms with Crippen molar-refractivity contribution >= 4 is 29.9 Å². The Morgan fingerprint density at radius 3 is 2.32 bits per heavy atom. The first-order chi connectivity index (χ1) is 8.27. The van der Waals surface area contributed by atoms with Crippen LogP contribution in [0.3, 0.4) is 0 Å². The Hall–Kier alpha value is -1.59. The van der Waals surface area contributed by atoms with Gasteiger partial charge in [-0.2, -0.15) is 0 Å². The van der Waals surface area contributed by atoms with Crippen molar-refractivity contribution < 1.29 is 9.59 Å². The average molecular weight is 286 g/mol. The molecule has 0 radical (unpaired) electrons. The number of carbonyl (C=O) groups excluding carboxylic acids is 2. The monoisotopic (exact) mass is 285 g/mol. The molecule has 2 amide bonds. The fraction of sp³-hybridized carbons (Fsp3) is 0.385. The van der Waals surface area contributed by atoms with Crippen LogP contribution in [0, 0.1) is 6.92 Å². The molecule has 6 heteroatoms. The standard InChI is InChI=1S/C13H19N3O2.ClH/c1-8-9(11(17)15-4)6-5-7-10(8)16-12(18)13(2,3)14;/h5-7H,14H2,1-4H3,(H,15,17)(H,16,18);1H. The second-order valence-electron chi connectivity index (χ2n) is 4.73. The van der Waals surface area contributed by atoms with E-state index >= 15 is 0 Å². The maximum Gasteiger partial charge on any atom is 0.251 e. The lowest BCUT2D eigenvalue weighted by molar-refractivity contribution is -0.120. The molecule has 0 aliphatic rings. The third kappa shape index (κ3) is 4.22. The predicted octanol–water partition coefficient (Wildman–Crippen LogP) is 1.45. The summed E-state index contributed by atoms with van der Waals surface area (Å²) in [6.45, 7) is 5.03. The second-order valence-corrected chi connectivity index (χ2v) is 4.73. The molecule has 0 aliphatic heterocycles. The van der Waals surface area contributed by atoms with Gasteiger partial charge in [-0.15, -0.1) is 12.4 Å². The van der Waals surface area contributed by atoms with E-state index in [1.807, 2.05) is 0 Å². The lowest BCUT2D eigenvalue weighted by atomic mass is 10.0. The van der Waals surface area contributed by atoms with Crippen LogP contribution in [-0.2, 0) is 4.79 Å². The highest BCUT2D eigenvalue weighted by Crippen LogP contribution is 2.19. The first-order valence-corrected chi connectivity index (χ1v) is 5.69. The van der Waals surface area contributed by atoms with Gasteiger partial charge in [0, 0.05) is 18.3 Å². The number of hydrogen-bond acceptors (Lipinski definition) is 3. The summed E-state index contributed by atoms with van der Waals surface area (Å²) in [7, 11) is 1.57. The topological polar surface area (TPSA) is 84.2 Å². The van der Waals surface area contributed by atoms with Crippen LogP contribution in [0.15, 0.2) is 18.2 Å². The number of amides is 2. The molecule has 0 spiro atoms. The molecule has 0 saturated heterocycles. The van der Waals surface area contributed by atoms with Crippen molar-refractivity contribution in [1.82, 2.24) is 5.32 Å². The minimum absolute atomic E-state index is 0. The number of anilines is 1. The zero-order valence-electron chi connectivity index (χ0n) is 11.5. The zero-order chi connectivity index (χ0) is 13.9. The van der Waals surface area contributed by atoms with Gasteiger partial charge in [-0.3, -0.25) is 9.59 Å². The van der Waals surface area contributed by atoms with Crippen molar-refractivity contribution in [3.8, 4) is 0 Å². The molecule has 1 rings (SSSR count). The highest BCUT2D eigenvalue weighted by atomic mass is 35.5. The minimum Gasteiger partial charge on any atom is -0.355 e. The Morgan fingerprint density at radius 2 is 1.84 bits per heavy atom. The molecule has 0 aromatic heterocycles. The van der Waals surface area contributed by atoms with Gasteiger partial charge in [-0.25, -0.2) is 0 Å². The Kier molecular flexibility index (Phi) is 5.99. The van der Waals surface area contributed by atoms with E-state index in [1.165, 1.54) is 0 Å². The summed E-state index contributed by atoms with van der Waals surface area (Å²) < 4.78 is 0. The van der Waals surface area contributed by atoms with Gasteiger partial charge in [0.2, 0.25) is 5.91 Å². The molecule has 4 N–H and O–H groups in total. The van der Waals surface area contributed by atoms with Crippen LogP contribution in [0.1, 0.15) is 29.8 Å². The van der Waals surface area contributed by atoms with Crippen molar-refractivity contribution in [3.05, 3.63) is 29.3 Å². The van der Waals surface area contributed by atoms with E-state index in [0.29, 0.717) is 11.3 Å². The van der Waals surface area contributed by atoms with E-state index < -0.39 is 5.54 Å². The van der Waals surface area contributed by atoms with Crippen molar-refractivity contribution in [2.24, 2.45) is 5.73 Å². The van der Waals surface area contributed by atoms with E-state index in [2.05, 4.69) is 10.6 Å². The molecular weight excluding hydrogens is 266 g/mol. The van der Waals surface area contributed by atoms with Crippen LogP contribution in [0.25, 0.3) is 0 Å². The smallest absolute Gasteiger partial charge is 0.251 e. The molecule has 5 nitrogen and oxygen atoms in total. The third-order valence-corrected chi connectivity index (χ3v) is 2.64. The van der Waals surface area contributed by atoms with Gasteiger partial charge in [0.25, 0.3) is 5.91 Å². The number of halogens is 1. The van der Waals surface area contributed by atoms with E-state index in [0.717, 1.165) is 5.56 Å². The molecule has 0 atom stereocenters. The van der Waals surface area contributed by atoms with Crippen LogP contribution < -0.4 is 16.4 Å². The maximum absolute atomic E-state index is 11.8. The quantitative estimate of drug-likeness (QED) is 0.786. The van der Waals surface area contributed by atoms with Crippen molar-refractivity contribution in [2.75, 3.05) is 12.4 Å². The number of nitrogens with two attached hydrogens (primary N) is 1. The predicted molar refractivity (Wildman–Crippen MR) is 78.7 cm³/mol. The Labute approximate surface area is 119 Å². The first-order valence-electron chi connectivity index (χ1n) is 5.69. The second kappa shape index (κ2) is 6.54. The maximum atomic E-state index is 11.8. The molecule has 1 aromatic carbocycles. The van der Waals surface area contributed by atoms with Crippen molar-refractivity contribution in [3.63, 3.8) is 0 Å². The van der Waals surface area contributed by atoms with Crippen LogP contribution in [0.2, 0.25) is 0 Å². The van der Waals surface area contributed by atoms with Gasteiger partial charge in [0.1, 0.15) is 0 Å². The largest absolute Gasteiger partial charge is 0.355 e. The van der Waals surface area contributed by atoms with Crippen LogP contribution >= 0.6 is 12.4 Å². The lowest BCUT2D eigenvalue weighted by Crippen LogP contribution is -2.45. The molecule has 0 saturated carbocycles. The molecule has 19 heavy (non-hydrogen) atoms. The normalized spacial score (nSPS) is 10.4. The Balaban J connectivity index is 0.00000324.